The molecule has 2 N–H and O–H groups in total. The van der Waals surface area contributed by atoms with Gasteiger partial charge in [-0.3, -0.25) is 0 Å². The van der Waals surface area contributed by atoms with Gasteiger partial charge in [-0.05, 0) is 33.6 Å². The van der Waals surface area contributed by atoms with Crippen LogP contribution in [0.3, 0.4) is 0 Å². The van der Waals surface area contributed by atoms with Crippen molar-refractivity contribution >= 4 is 6.09 Å². The van der Waals surface area contributed by atoms with Crippen molar-refractivity contribution in [1.29, 1.82) is 0 Å². The van der Waals surface area contributed by atoms with Crippen LogP contribution in [-0.4, -0.2) is 41.1 Å². The third kappa shape index (κ3) is 3.40. The molecule has 1 saturated heterocycles. The molecule has 1 aliphatic heterocycles. The minimum atomic E-state index is -2.57. The zero-order chi connectivity index (χ0) is 15.2. The predicted octanol–water partition coefficient (Wildman–Crippen LogP) is 2.76. The van der Waals surface area contributed by atoms with Crippen LogP contribution >= 0.6 is 0 Å². The van der Waals surface area contributed by atoms with E-state index in [1.165, 1.54) is 0 Å². The van der Waals surface area contributed by atoms with Crippen molar-refractivity contribution in [2.45, 2.75) is 63.5 Å². The summed E-state index contributed by atoms with van der Waals surface area (Å²) in [6, 6.07) is 0. The van der Waals surface area contributed by atoms with Gasteiger partial charge in [0.2, 0.25) is 5.92 Å². The van der Waals surface area contributed by atoms with Crippen LogP contribution in [-0.2, 0) is 4.74 Å². The minimum absolute atomic E-state index is 0.103. The van der Waals surface area contributed by atoms with Gasteiger partial charge >= 0.3 is 6.09 Å². The molecular formula is C14H24F2N2O2. The smallest absolute Gasteiger partial charge is 0.410 e. The Kier molecular flexibility index (Phi) is 3.73. The van der Waals surface area contributed by atoms with Gasteiger partial charge in [-0.25, -0.2) is 13.6 Å². The van der Waals surface area contributed by atoms with Gasteiger partial charge in [0.1, 0.15) is 5.60 Å². The Hall–Kier alpha value is -0.910. The third-order valence-corrected chi connectivity index (χ3v) is 4.26. The first-order chi connectivity index (χ1) is 9.01. The summed E-state index contributed by atoms with van der Waals surface area (Å²) in [4.78, 5) is 13.4. The van der Waals surface area contributed by atoms with E-state index in [4.69, 9.17) is 10.5 Å². The lowest BCUT2D eigenvalue weighted by Crippen LogP contribution is -2.65. The Bertz CT molecular complexity index is 377. The maximum Gasteiger partial charge on any atom is 0.410 e. The summed E-state index contributed by atoms with van der Waals surface area (Å²) in [5.74, 6) is -2.47. The van der Waals surface area contributed by atoms with Crippen LogP contribution in [0, 0.1) is 5.92 Å². The molecule has 2 aliphatic rings. The van der Waals surface area contributed by atoms with Crippen LogP contribution in [0.15, 0.2) is 0 Å². The summed E-state index contributed by atoms with van der Waals surface area (Å²) in [7, 11) is 0. The summed E-state index contributed by atoms with van der Waals surface area (Å²) < 4.78 is 31.6. The highest BCUT2D eigenvalue weighted by atomic mass is 19.3. The Morgan fingerprint density at radius 2 is 1.70 bits per heavy atom. The molecule has 20 heavy (non-hydrogen) atoms. The number of amides is 1. The Labute approximate surface area is 118 Å². The molecule has 6 heteroatoms. The number of alkyl halides is 2. The molecule has 116 valence electrons. The topological polar surface area (TPSA) is 55.6 Å². The summed E-state index contributed by atoms with van der Waals surface area (Å²) in [5, 5.41) is 0. The van der Waals surface area contributed by atoms with Gasteiger partial charge in [-0.1, -0.05) is 0 Å². The SMILES string of the molecule is CC(C)(C)OC(=O)N1CC(C2(N)CCC(F)(F)CC2)C1. The molecule has 1 saturated carbocycles. The fraction of sp³-hybridized carbons (Fsp3) is 0.929. The second-order valence-electron chi connectivity index (χ2n) is 7.17. The largest absolute Gasteiger partial charge is 0.444 e. The van der Waals surface area contributed by atoms with Gasteiger partial charge in [0, 0.05) is 37.4 Å². The normalized spacial score (nSPS) is 26.0. The quantitative estimate of drug-likeness (QED) is 0.808. The lowest BCUT2D eigenvalue weighted by Gasteiger charge is -2.51. The zero-order valence-corrected chi connectivity index (χ0v) is 12.4. The second kappa shape index (κ2) is 4.83. The predicted molar refractivity (Wildman–Crippen MR) is 71.6 cm³/mol. The van der Waals surface area contributed by atoms with Crippen LogP contribution in [0.4, 0.5) is 13.6 Å². The van der Waals surface area contributed by atoms with E-state index in [-0.39, 0.29) is 24.9 Å². The first kappa shape index (κ1) is 15.5. The van der Waals surface area contributed by atoms with Crippen LogP contribution in [0.2, 0.25) is 0 Å². The molecule has 1 amide bonds. The van der Waals surface area contributed by atoms with Crippen molar-refractivity contribution < 1.29 is 18.3 Å². The molecular weight excluding hydrogens is 266 g/mol. The standard InChI is InChI=1S/C14H24F2N2O2/c1-12(2,3)20-11(19)18-8-10(9-18)13(17)4-6-14(15,16)7-5-13/h10H,4-9,17H2,1-3H3. The van der Waals surface area contributed by atoms with E-state index < -0.39 is 17.1 Å². The lowest BCUT2D eigenvalue weighted by molar-refractivity contribution is -0.0764. The summed E-state index contributed by atoms with van der Waals surface area (Å²) >= 11 is 0. The Balaban J connectivity index is 1.83. The van der Waals surface area contributed by atoms with Crippen molar-refractivity contribution in [2.75, 3.05) is 13.1 Å². The monoisotopic (exact) mass is 290 g/mol. The molecule has 0 bridgehead atoms. The van der Waals surface area contributed by atoms with E-state index in [0.29, 0.717) is 25.9 Å². The molecule has 0 aromatic carbocycles. The van der Waals surface area contributed by atoms with E-state index in [1.54, 1.807) is 4.90 Å². The maximum atomic E-state index is 13.2. The van der Waals surface area contributed by atoms with E-state index >= 15 is 0 Å². The number of likely N-dealkylation sites (tertiary alicyclic amines) is 1. The fourth-order valence-electron chi connectivity index (χ4n) is 2.81. The van der Waals surface area contributed by atoms with Crippen molar-refractivity contribution in [2.24, 2.45) is 11.7 Å². The highest BCUT2D eigenvalue weighted by Crippen LogP contribution is 2.43. The number of nitrogens with two attached hydrogens (primary N) is 1. The van der Waals surface area contributed by atoms with Gasteiger partial charge in [-0.15, -0.1) is 0 Å². The number of rotatable bonds is 1. The Morgan fingerprint density at radius 3 is 2.15 bits per heavy atom. The molecule has 0 unspecified atom stereocenters. The number of carbonyl (C=O) groups excluding carboxylic acids is 1. The average Bonchev–Trinajstić information content (AvgIpc) is 2.18. The van der Waals surface area contributed by atoms with E-state index in [1.807, 2.05) is 20.8 Å². The number of ether oxygens (including phenoxy) is 1. The van der Waals surface area contributed by atoms with Gasteiger partial charge in [0.15, 0.2) is 0 Å². The summed E-state index contributed by atoms with van der Waals surface area (Å²) in [6.07, 6.45) is 0.0110. The number of carbonyl (C=O) groups is 1. The number of halogens is 2. The van der Waals surface area contributed by atoms with Crippen molar-refractivity contribution in [3.05, 3.63) is 0 Å². The second-order valence-corrected chi connectivity index (χ2v) is 7.17. The highest BCUT2D eigenvalue weighted by Gasteiger charge is 2.50. The molecule has 2 fully saturated rings. The first-order valence-corrected chi connectivity index (χ1v) is 7.15. The number of hydrogen-bond donors (Lipinski definition) is 1. The van der Waals surface area contributed by atoms with Gasteiger partial charge in [-0.2, -0.15) is 0 Å². The first-order valence-electron chi connectivity index (χ1n) is 7.15. The number of nitrogens with zero attached hydrogens (tertiary/aromatic N) is 1. The van der Waals surface area contributed by atoms with Gasteiger partial charge in [0.25, 0.3) is 0 Å². The van der Waals surface area contributed by atoms with Crippen LogP contribution in [0.5, 0.6) is 0 Å². The lowest BCUT2D eigenvalue weighted by atomic mass is 9.69. The minimum Gasteiger partial charge on any atom is -0.444 e. The fourth-order valence-corrected chi connectivity index (χ4v) is 2.81. The van der Waals surface area contributed by atoms with E-state index in [0.717, 1.165) is 0 Å². The van der Waals surface area contributed by atoms with E-state index in [9.17, 15) is 13.6 Å². The molecule has 0 radical (unpaired) electrons. The molecule has 0 aromatic rings. The van der Waals surface area contributed by atoms with Crippen molar-refractivity contribution in [1.82, 2.24) is 4.90 Å². The van der Waals surface area contributed by atoms with Gasteiger partial charge in [0.05, 0.1) is 0 Å². The maximum absolute atomic E-state index is 13.2. The molecule has 0 atom stereocenters. The van der Waals surface area contributed by atoms with Crippen molar-refractivity contribution in [3.63, 3.8) is 0 Å². The third-order valence-electron chi connectivity index (χ3n) is 4.26. The van der Waals surface area contributed by atoms with Crippen LogP contribution in [0.25, 0.3) is 0 Å². The average molecular weight is 290 g/mol. The van der Waals surface area contributed by atoms with Gasteiger partial charge < -0.3 is 15.4 Å². The zero-order valence-electron chi connectivity index (χ0n) is 12.4. The number of hydrogen-bond acceptors (Lipinski definition) is 3. The Morgan fingerprint density at radius 1 is 1.20 bits per heavy atom. The van der Waals surface area contributed by atoms with Crippen LogP contribution < -0.4 is 5.73 Å². The molecule has 0 spiro atoms. The summed E-state index contributed by atoms with van der Waals surface area (Å²) in [5.41, 5.74) is 5.19. The highest BCUT2D eigenvalue weighted by molar-refractivity contribution is 5.69. The molecule has 0 aromatic heterocycles. The molecule has 2 rings (SSSR count). The van der Waals surface area contributed by atoms with Crippen LogP contribution in [0.1, 0.15) is 46.5 Å². The van der Waals surface area contributed by atoms with Crippen molar-refractivity contribution in [3.8, 4) is 0 Å². The molecule has 4 nitrogen and oxygen atoms in total. The van der Waals surface area contributed by atoms with E-state index in [2.05, 4.69) is 0 Å². The summed E-state index contributed by atoms with van der Waals surface area (Å²) in [6.45, 7) is 6.47. The molecule has 1 heterocycles. The molecule has 1 aliphatic carbocycles.